The standard InChI is InChI=1S/C45H73N7O12/c1-9-45(7,8)33-28-36(54)52(40(33)57)22-12-10-11-15-35(53)51-37(30(2)3)39(56)50-34(14-13-20-47-42(46)59)38(55)49-32-18-16-31(17-19-32)29-64-43(60)48-21-23-61-24-25-62-26-27-63-41(58)44(4,5)6/h16-19,30,33-34,37H,9-15,20-29H2,1-8H3,(H,48,60)(H,49,55)(H,50,56)(H,51,53)(H3,46,47,59)/t33?,34-,37?/m1/s1. The molecule has 1 aromatic rings. The zero-order valence-corrected chi connectivity index (χ0v) is 39.1. The average Bonchev–Trinajstić information content (AvgIpc) is 3.52. The summed E-state index contributed by atoms with van der Waals surface area (Å²) in [4.78, 5) is 102. The minimum absolute atomic E-state index is 0.0405. The van der Waals surface area contributed by atoms with Crippen LogP contribution < -0.4 is 32.3 Å². The van der Waals surface area contributed by atoms with Crippen LogP contribution in [0, 0.1) is 22.7 Å². The molecule has 360 valence electrons. The number of primary amides is 1. The Labute approximate surface area is 377 Å². The summed E-state index contributed by atoms with van der Waals surface area (Å²) in [5.41, 5.74) is 5.42. The number of benzene rings is 1. The Hall–Kier alpha value is -5.30. The summed E-state index contributed by atoms with van der Waals surface area (Å²) in [6.45, 7) is 16.7. The van der Waals surface area contributed by atoms with E-state index in [9.17, 15) is 38.4 Å². The zero-order valence-electron chi connectivity index (χ0n) is 39.1. The van der Waals surface area contributed by atoms with Crippen LogP contribution in [-0.2, 0) is 54.3 Å². The molecule has 0 radical (unpaired) electrons. The Morgan fingerprint density at radius 2 is 1.45 bits per heavy atom. The summed E-state index contributed by atoms with van der Waals surface area (Å²) in [7, 11) is 0. The fourth-order valence-electron chi connectivity index (χ4n) is 6.41. The Morgan fingerprint density at radius 1 is 0.797 bits per heavy atom. The number of unbranched alkanes of at least 4 members (excludes halogenated alkanes) is 2. The third kappa shape index (κ3) is 20.5. The normalized spacial score (nSPS) is 15.0. The van der Waals surface area contributed by atoms with E-state index in [1.807, 2.05) is 20.8 Å². The maximum atomic E-state index is 13.6. The molecular weight excluding hydrogens is 831 g/mol. The molecule has 19 heteroatoms. The molecule has 0 aromatic heterocycles. The molecule has 0 aliphatic carbocycles. The SMILES string of the molecule is CCC(C)(C)C1CC(=O)N(CCCCCC(=O)NC(C(=O)N[C@H](CCCNC(N)=O)C(=O)Nc2ccc(COC(=O)NCCOCCOCCOC(=O)C(C)(C)C)cc2)C(C)C)C1=O. The van der Waals surface area contributed by atoms with Crippen molar-refractivity contribution in [3.05, 3.63) is 29.8 Å². The van der Waals surface area contributed by atoms with Crippen LogP contribution in [-0.4, -0.2) is 117 Å². The summed E-state index contributed by atoms with van der Waals surface area (Å²) < 4.78 is 21.2. The summed E-state index contributed by atoms with van der Waals surface area (Å²) in [5, 5.41) is 13.4. The van der Waals surface area contributed by atoms with Crippen LogP contribution in [0.4, 0.5) is 15.3 Å². The molecule has 19 nitrogen and oxygen atoms in total. The number of carbonyl (C=O) groups is 8. The first kappa shape index (κ1) is 54.8. The molecule has 1 fully saturated rings. The van der Waals surface area contributed by atoms with Gasteiger partial charge in [-0.3, -0.25) is 33.7 Å². The number of nitrogens with two attached hydrogens (primary N) is 1. The van der Waals surface area contributed by atoms with Crippen LogP contribution in [0.5, 0.6) is 0 Å². The predicted molar refractivity (Wildman–Crippen MR) is 238 cm³/mol. The van der Waals surface area contributed by atoms with Gasteiger partial charge in [0.1, 0.15) is 25.3 Å². The molecule has 1 aliphatic heterocycles. The quantitative estimate of drug-likeness (QED) is 0.0380. The fraction of sp³-hybridized carbons (Fsp3) is 0.689. The first-order valence-corrected chi connectivity index (χ1v) is 22.3. The van der Waals surface area contributed by atoms with Crippen LogP contribution in [0.2, 0.25) is 0 Å². The van der Waals surface area contributed by atoms with E-state index >= 15 is 0 Å². The van der Waals surface area contributed by atoms with Crippen LogP contribution in [0.3, 0.4) is 0 Å². The van der Waals surface area contributed by atoms with Gasteiger partial charge in [-0.15, -0.1) is 0 Å². The third-order valence-electron chi connectivity index (χ3n) is 10.8. The number of likely N-dealkylation sites (tertiary alicyclic amines) is 1. The second-order valence-electron chi connectivity index (χ2n) is 17.9. The number of alkyl carbamates (subject to hydrolysis) is 1. The van der Waals surface area contributed by atoms with Crippen LogP contribution in [0.1, 0.15) is 112 Å². The maximum Gasteiger partial charge on any atom is 0.407 e. The second-order valence-corrected chi connectivity index (χ2v) is 17.9. The van der Waals surface area contributed by atoms with Gasteiger partial charge in [-0.05, 0) is 75.5 Å². The number of ether oxygens (including phenoxy) is 4. The van der Waals surface area contributed by atoms with E-state index in [1.54, 1.807) is 58.9 Å². The number of anilines is 1. The summed E-state index contributed by atoms with van der Waals surface area (Å²) in [5.74, 6) is -2.66. The average molecular weight is 904 g/mol. The molecule has 2 unspecified atom stereocenters. The van der Waals surface area contributed by atoms with E-state index in [0.29, 0.717) is 56.7 Å². The minimum Gasteiger partial charge on any atom is -0.463 e. The first-order chi connectivity index (χ1) is 30.2. The van der Waals surface area contributed by atoms with Crippen LogP contribution >= 0.6 is 0 Å². The number of rotatable bonds is 29. The number of amides is 8. The Kier molecular flexibility index (Phi) is 23.8. The number of urea groups is 1. The van der Waals surface area contributed by atoms with Crippen molar-refractivity contribution in [3.8, 4) is 0 Å². The van der Waals surface area contributed by atoms with Crippen molar-refractivity contribution in [2.45, 2.75) is 125 Å². The number of hydrogen-bond acceptors (Lipinski definition) is 12. The van der Waals surface area contributed by atoms with Gasteiger partial charge in [0, 0.05) is 38.2 Å². The highest BCUT2D eigenvalue weighted by atomic mass is 16.6. The third-order valence-corrected chi connectivity index (χ3v) is 10.8. The van der Waals surface area contributed by atoms with Crippen molar-refractivity contribution in [1.29, 1.82) is 0 Å². The number of nitrogens with one attached hydrogen (secondary N) is 5. The predicted octanol–water partition coefficient (Wildman–Crippen LogP) is 3.92. The van der Waals surface area contributed by atoms with E-state index in [4.69, 9.17) is 24.7 Å². The van der Waals surface area contributed by atoms with Gasteiger partial charge in [0.2, 0.25) is 29.5 Å². The molecule has 1 aromatic carbocycles. The van der Waals surface area contributed by atoms with Crippen LogP contribution in [0.25, 0.3) is 0 Å². The molecule has 1 saturated heterocycles. The van der Waals surface area contributed by atoms with Gasteiger partial charge in [0.25, 0.3) is 0 Å². The monoisotopic (exact) mass is 904 g/mol. The van der Waals surface area contributed by atoms with Crippen LogP contribution in [0.15, 0.2) is 24.3 Å². The molecule has 0 spiro atoms. The summed E-state index contributed by atoms with van der Waals surface area (Å²) in [6.07, 6.45) is 2.60. The lowest BCUT2D eigenvalue weighted by atomic mass is 9.76. The Morgan fingerprint density at radius 3 is 2.08 bits per heavy atom. The molecule has 64 heavy (non-hydrogen) atoms. The van der Waals surface area contributed by atoms with E-state index in [-0.39, 0.29) is 99.7 Å². The van der Waals surface area contributed by atoms with E-state index in [0.717, 1.165) is 6.42 Å². The van der Waals surface area contributed by atoms with Gasteiger partial charge in [-0.2, -0.15) is 0 Å². The van der Waals surface area contributed by atoms with Gasteiger partial charge in [0.15, 0.2) is 0 Å². The van der Waals surface area contributed by atoms with Crippen molar-refractivity contribution >= 4 is 53.3 Å². The molecule has 0 bridgehead atoms. The Bertz CT molecular complexity index is 1700. The Balaban J connectivity index is 1.81. The van der Waals surface area contributed by atoms with E-state index in [1.165, 1.54) is 4.90 Å². The molecule has 1 aliphatic rings. The number of imide groups is 1. The number of esters is 1. The summed E-state index contributed by atoms with van der Waals surface area (Å²) >= 11 is 0. The maximum absolute atomic E-state index is 13.6. The van der Waals surface area contributed by atoms with Gasteiger partial charge in [0.05, 0.1) is 37.8 Å². The lowest BCUT2D eigenvalue weighted by molar-refractivity contribution is -0.154. The van der Waals surface area contributed by atoms with Crippen molar-refractivity contribution in [2.75, 3.05) is 58.0 Å². The molecule has 7 N–H and O–H groups in total. The molecule has 1 heterocycles. The van der Waals surface area contributed by atoms with E-state index in [2.05, 4.69) is 26.6 Å². The minimum atomic E-state index is -1.04. The second kappa shape index (κ2) is 27.8. The first-order valence-electron chi connectivity index (χ1n) is 22.3. The largest absolute Gasteiger partial charge is 0.463 e. The topological polar surface area (TPSA) is 263 Å². The molecule has 0 saturated carbocycles. The van der Waals surface area contributed by atoms with Crippen molar-refractivity contribution < 1.29 is 57.3 Å². The number of nitrogens with zero attached hydrogens (tertiary/aromatic N) is 1. The molecule has 2 rings (SSSR count). The van der Waals surface area contributed by atoms with Gasteiger partial charge in [-0.25, -0.2) is 9.59 Å². The van der Waals surface area contributed by atoms with E-state index < -0.39 is 41.4 Å². The smallest absolute Gasteiger partial charge is 0.407 e. The molecular formula is C45H73N7O12. The van der Waals surface area contributed by atoms with Crippen molar-refractivity contribution in [2.24, 2.45) is 28.4 Å². The molecule has 8 amide bonds. The number of carbonyl (C=O) groups excluding carboxylic acids is 8. The highest BCUT2D eigenvalue weighted by Crippen LogP contribution is 2.38. The van der Waals surface area contributed by atoms with Gasteiger partial charge < -0.3 is 51.3 Å². The lowest BCUT2D eigenvalue weighted by Crippen LogP contribution is -2.54. The van der Waals surface area contributed by atoms with Crippen molar-refractivity contribution in [3.63, 3.8) is 0 Å². The zero-order chi connectivity index (χ0) is 47.9. The number of hydrogen-bond donors (Lipinski definition) is 6. The highest BCUT2D eigenvalue weighted by molar-refractivity contribution is 6.04. The van der Waals surface area contributed by atoms with Crippen molar-refractivity contribution in [1.82, 2.24) is 26.2 Å². The lowest BCUT2D eigenvalue weighted by Gasteiger charge is -2.28. The fourth-order valence-corrected chi connectivity index (χ4v) is 6.41. The molecule has 3 atom stereocenters. The van der Waals surface area contributed by atoms with Gasteiger partial charge in [-0.1, -0.05) is 59.6 Å². The summed E-state index contributed by atoms with van der Waals surface area (Å²) in [6, 6.07) is 3.87. The highest BCUT2D eigenvalue weighted by Gasteiger charge is 2.45. The van der Waals surface area contributed by atoms with Gasteiger partial charge >= 0.3 is 18.1 Å².